The molecule has 0 spiro atoms. The zero-order chi connectivity index (χ0) is 16.2. The fraction of sp³-hybridized carbons (Fsp3) is 0.0625. The maximum absolute atomic E-state index is 5.92. The number of ether oxygens (including phenoxy) is 1. The van der Waals surface area contributed by atoms with Gasteiger partial charge in [0, 0.05) is 16.1 Å². The second kappa shape index (κ2) is 6.76. The van der Waals surface area contributed by atoms with Gasteiger partial charge in [0.1, 0.15) is 5.75 Å². The number of halogens is 1. The van der Waals surface area contributed by atoms with Crippen LogP contribution in [0.4, 0.5) is 0 Å². The number of nitrogens with one attached hydrogen (secondary N) is 1. The Morgan fingerprint density at radius 1 is 1.22 bits per heavy atom. The number of benzene rings is 2. The lowest BCUT2D eigenvalue weighted by Crippen LogP contribution is -1.96. The Bertz CT molecular complexity index is 899. The van der Waals surface area contributed by atoms with Gasteiger partial charge in [0.15, 0.2) is 5.82 Å². The number of hydrogen-bond donors (Lipinski definition) is 1. The van der Waals surface area contributed by atoms with Crippen molar-refractivity contribution in [3.05, 3.63) is 63.9 Å². The van der Waals surface area contributed by atoms with Crippen molar-refractivity contribution in [3.8, 4) is 17.1 Å². The fourth-order valence-electron chi connectivity index (χ4n) is 2.08. The van der Waals surface area contributed by atoms with Crippen molar-refractivity contribution in [2.75, 3.05) is 7.11 Å². The van der Waals surface area contributed by atoms with Crippen molar-refractivity contribution in [1.29, 1.82) is 0 Å². The number of nitrogens with zero attached hydrogens (tertiary/aromatic N) is 3. The van der Waals surface area contributed by atoms with Crippen LogP contribution in [0.2, 0.25) is 5.02 Å². The Balaban J connectivity index is 2.01. The summed E-state index contributed by atoms with van der Waals surface area (Å²) in [5.74, 6) is 1.34. The molecule has 0 unspecified atom stereocenters. The molecule has 3 rings (SSSR count). The third kappa shape index (κ3) is 3.33. The lowest BCUT2D eigenvalue weighted by Gasteiger charge is -2.04. The van der Waals surface area contributed by atoms with Crippen molar-refractivity contribution in [3.63, 3.8) is 0 Å². The lowest BCUT2D eigenvalue weighted by atomic mass is 10.2. The molecule has 1 heterocycles. The van der Waals surface area contributed by atoms with Crippen molar-refractivity contribution in [2.45, 2.75) is 0 Å². The first-order valence-corrected chi connectivity index (χ1v) is 7.58. The van der Waals surface area contributed by atoms with E-state index in [2.05, 4.69) is 15.3 Å². The molecular formula is C16H13ClN4OS. The van der Waals surface area contributed by atoms with E-state index in [-0.39, 0.29) is 0 Å². The van der Waals surface area contributed by atoms with Crippen molar-refractivity contribution in [1.82, 2.24) is 14.9 Å². The number of hydrogen-bond acceptors (Lipinski definition) is 4. The molecule has 1 aromatic heterocycles. The van der Waals surface area contributed by atoms with Crippen LogP contribution in [-0.2, 0) is 0 Å². The average molecular weight is 345 g/mol. The first-order chi connectivity index (χ1) is 11.2. The SMILES string of the molecule is COc1ccccc1/C=N\n1c(-c2ccc(Cl)cc2)n[nH]c1=S. The molecule has 0 aliphatic rings. The Hall–Kier alpha value is -2.44. The van der Waals surface area contributed by atoms with Gasteiger partial charge in [-0.15, -0.1) is 0 Å². The molecule has 0 radical (unpaired) electrons. The summed E-state index contributed by atoms with van der Waals surface area (Å²) in [7, 11) is 1.62. The van der Waals surface area contributed by atoms with Crippen LogP contribution in [0.25, 0.3) is 11.4 Å². The molecule has 0 bridgehead atoms. The predicted octanol–water partition coefficient (Wildman–Crippen LogP) is 4.15. The van der Waals surface area contributed by atoms with E-state index in [1.54, 1.807) is 30.1 Å². The average Bonchev–Trinajstić information content (AvgIpc) is 2.94. The monoisotopic (exact) mass is 344 g/mol. The van der Waals surface area contributed by atoms with Gasteiger partial charge in [0.2, 0.25) is 4.77 Å². The van der Waals surface area contributed by atoms with Crippen LogP contribution in [0.3, 0.4) is 0 Å². The molecule has 0 atom stereocenters. The van der Waals surface area contributed by atoms with E-state index < -0.39 is 0 Å². The third-order valence-electron chi connectivity index (χ3n) is 3.20. The van der Waals surface area contributed by atoms with Crippen molar-refractivity contribution >= 4 is 30.0 Å². The molecule has 0 saturated carbocycles. The molecule has 2 aromatic carbocycles. The molecule has 0 aliphatic carbocycles. The van der Waals surface area contributed by atoms with Gasteiger partial charge in [-0.1, -0.05) is 23.7 Å². The van der Waals surface area contributed by atoms with Gasteiger partial charge in [-0.3, -0.25) is 0 Å². The van der Waals surface area contributed by atoms with E-state index in [1.165, 1.54) is 0 Å². The number of H-pyrrole nitrogens is 1. The molecule has 116 valence electrons. The zero-order valence-corrected chi connectivity index (χ0v) is 13.8. The van der Waals surface area contributed by atoms with Crippen LogP contribution in [0.1, 0.15) is 5.56 Å². The van der Waals surface area contributed by atoms with Crippen molar-refractivity contribution in [2.24, 2.45) is 5.10 Å². The van der Waals surface area contributed by atoms with Crippen LogP contribution in [-0.4, -0.2) is 28.2 Å². The van der Waals surface area contributed by atoms with E-state index in [4.69, 9.17) is 28.6 Å². The first-order valence-electron chi connectivity index (χ1n) is 6.80. The van der Waals surface area contributed by atoms with Gasteiger partial charge in [-0.05, 0) is 48.6 Å². The second-order valence-electron chi connectivity index (χ2n) is 4.66. The van der Waals surface area contributed by atoms with Gasteiger partial charge >= 0.3 is 0 Å². The van der Waals surface area contributed by atoms with Crippen LogP contribution in [0, 0.1) is 4.77 Å². The molecule has 3 aromatic rings. The fourth-order valence-corrected chi connectivity index (χ4v) is 2.38. The summed E-state index contributed by atoms with van der Waals surface area (Å²) < 4.78 is 7.27. The summed E-state index contributed by atoms with van der Waals surface area (Å²) in [6, 6.07) is 14.9. The lowest BCUT2D eigenvalue weighted by molar-refractivity contribution is 0.414. The van der Waals surface area contributed by atoms with Gasteiger partial charge in [-0.25, -0.2) is 5.10 Å². The number of aromatic amines is 1. The van der Waals surface area contributed by atoms with Gasteiger partial charge in [0.25, 0.3) is 0 Å². The minimum absolute atomic E-state index is 0.404. The normalized spacial score (nSPS) is 11.0. The van der Waals surface area contributed by atoms with E-state index in [9.17, 15) is 0 Å². The molecule has 1 N–H and O–H groups in total. The highest BCUT2D eigenvalue weighted by atomic mass is 35.5. The highest BCUT2D eigenvalue weighted by Gasteiger charge is 2.08. The minimum atomic E-state index is 0.404. The first kappa shape index (κ1) is 15.5. The van der Waals surface area contributed by atoms with Crippen LogP contribution < -0.4 is 4.74 Å². The molecule has 5 nitrogen and oxygen atoms in total. The van der Waals surface area contributed by atoms with E-state index >= 15 is 0 Å². The maximum Gasteiger partial charge on any atom is 0.216 e. The largest absolute Gasteiger partial charge is 0.496 e. The number of para-hydroxylation sites is 1. The number of aromatic nitrogens is 3. The van der Waals surface area contributed by atoms with Gasteiger partial charge in [0.05, 0.1) is 13.3 Å². The maximum atomic E-state index is 5.92. The number of rotatable bonds is 4. The molecular weight excluding hydrogens is 332 g/mol. The topological polar surface area (TPSA) is 55.2 Å². The molecule has 7 heteroatoms. The smallest absolute Gasteiger partial charge is 0.216 e. The predicted molar refractivity (Wildman–Crippen MR) is 93.8 cm³/mol. The van der Waals surface area contributed by atoms with Crippen LogP contribution in [0.5, 0.6) is 5.75 Å². The van der Waals surface area contributed by atoms with E-state index in [0.29, 0.717) is 15.6 Å². The zero-order valence-electron chi connectivity index (χ0n) is 12.2. The second-order valence-corrected chi connectivity index (χ2v) is 5.48. The summed E-state index contributed by atoms with van der Waals surface area (Å²) >= 11 is 11.2. The molecule has 0 fully saturated rings. The minimum Gasteiger partial charge on any atom is -0.496 e. The van der Waals surface area contributed by atoms with Crippen LogP contribution in [0.15, 0.2) is 53.6 Å². The Labute approximate surface area is 143 Å². The van der Waals surface area contributed by atoms with E-state index in [1.807, 2.05) is 36.4 Å². The van der Waals surface area contributed by atoms with E-state index in [0.717, 1.165) is 16.9 Å². The molecule has 0 saturated heterocycles. The number of methoxy groups -OCH3 is 1. The third-order valence-corrected chi connectivity index (χ3v) is 3.72. The molecule has 23 heavy (non-hydrogen) atoms. The Kier molecular flexibility index (Phi) is 4.55. The highest BCUT2D eigenvalue weighted by molar-refractivity contribution is 7.71. The van der Waals surface area contributed by atoms with Crippen molar-refractivity contribution < 1.29 is 4.74 Å². The summed E-state index contributed by atoms with van der Waals surface area (Å²) in [6.45, 7) is 0. The van der Waals surface area contributed by atoms with Gasteiger partial charge in [-0.2, -0.15) is 14.9 Å². The Morgan fingerprint density at radius 3 is 2.70 bits per heavy atom. The quantitative estimate of drug-likeness (QED) is 0.571. The molecule has 0 amide bonds. The molecule has 0 aliphatic heterocycles. The van der Waals surface area contributed by atoms with Crippen LogP contribution >= 0.6 is 23.8 Å². The Morgan fingerprint density at radius 2 is 1.96 bits per heavy atom. The standard InChI is InChI=1S/C16H13ClN4OS/c1-22-14-5-3-2-4-12(14)10-18-21-15(19-20-16(21)23)11-6-8-13(17)9-7-11/h2-10H,1H3,(H,20,23)/b18-10-. The highest BCUT2D eigenvalue weighted by Crippen LogP contribution is 2.20. The summed E-state index contributed by atoms with van der Waals surface area (Å²) in [5.41, 5.74) is 1.71. The summed E-state index contributed by atoms with van der Waals surface area (Å²) in [5, 5.41) is 12.1. The van der Waals surface area contributed by atoms with Gasteiger partial charge < -0.3 is 4.74 Å². The summed E-state index contributed by atoms with van der Waals surface area (Å²) in [4.78, 5) is 0. The summed E-state index contributed by atoms with van der Waals surface area (Å²) in [6.07, 6.45) is 1.68.